The second kappa shape index (κ2) is 5.51. The van der Waals surface area contributed by atoms with Crippen LogP contribution in [0.5, 0.6) is 0 Å². The van der Waals surface area contributed by atoms with E-state index in [1.54, 1.807) is 19.1 Å². The molecule has 86 valence electrons. The summed E-state index contributed by atoms with van der Waals surface area (Å²) in [5, 5.41) is 9.23. The zero-order valence-electron chi connectivity index (χ0n) is 8.64. The Morgan fingerprint density at radius 2 is 2.06 bits per heavy atom. The summed E-state index contributed by atoms with van der Waals surface area (Å²) in [7, 11) is 0. The van der Waals surface area contributed by atoms with Crippen LogP contribution in [0.4, 0.5) is 0 Å². The Hall–Kier alpha value is -1.55. The monoisotopic (exact) mass is 242 g/mol. The van der Waals surface area contributed by atoms with Gasteiger partial charge in [0.05, 0.1) is 6.61 Å². The molecule has 1 N–H and O–H groups in total. The second-order valence-electron chi connectivity index (χ2n) is 3.04. The van der Waals surface area contributed by atoms with Gasteiger partial charge in [-0.2, -0.15) is 0 Å². The molecule has 0 heterocycles. The lowest BCUT2D eigenvalue weighted by Crippen LogP contribution is -2.24. The minimum absolute atomic E-state index is 0.132. The Labute approximate surface area is 97.8 Å². The maximum Gasteiger partial charge on any atom is 0.324 e. The number of benzene rings is 1. The molecule has 1 atom stereocenters. The average molecular weight is 243 g/mol. The molecule has 0 aliphatic carbocycles. The van der Waals surface area contributed by atoms with Crippen LogP contribution in [0.3, 0.4) is 0 Å². The molecule has 4 nitrogen and oxygen atoms in total. The maximum atomic E-state index is 11.5. The molecule has 0 spiro atoms. The van der Waals surface area contributed by atoms with Crippen molar-refractivity contribution in [2.24, 2.45) is 0 Å². The highest BCUT2D eigenvalue weighted by molar-refractivity contribution is 6.32. The van der Waals surface area contributed by atoms with Crippen molar-refractivity contribution in [1.82, 2.24) is 0 Å². The van der Waals surface area contributed by atoms with Crippen LogP contribution >= 0.6 is 11.6 Å². The van der Waals surface area contributed by atoms with Crippen LogP contribution in [0.15, 0.2) is 24.3 Å². The van der Waals surface area contributed by atoms with Crippen LogP contribution in [-0.4, -0.2) is 23.7 Å². The molecule has 16 heavy (non-hydrogen) atoms. The van der Waals surface area contributed by atoms with Crippen molar-refractivity contribution in [3.8, 4) is 0 Å². The first-order valence-corrected chi connectivity index (χ1v) is 5.09. The maximum absolute atomic E-state index is 11.5. The summed E-state index contributed by atoms with van der Waals surface area (Å²) in [4.78, 5) is 22.5. The number of carboxylic acids is 1. The summed E-state index contributed by atoms with van der Waals surface area (Å²) in [5.74, 6) is -3.44. The van der Waals surface area contributed by atoms with E-state index >= 15 is 0 Å². The molecule has 1 unspecified atom stereocenters. The number of esters is 1. The van der Waals surface area contributed by atoms with E-state index in [1.807, 2.05) is 0 Å². The second-order valence-corrected chi connectivity index (χ2v) is 3.45. The molecule has 0 aliphatic rings. The number of carbonyl (C=O) groups excluding carboxylic acids is 1. The van der Waals surface area contributed by atoms with Crippen molar-refractivity contribution in [3.63, 3.8) is 0 Å². The van der Waals surface area contributed by atoms with Gasteiger partial charge >= 0.3 is 11.9 Å². The summed E-state index contributed by atoms with van der Waals surface area (Å²) in [5.41, 5.74) is 0.245. The van der Waals surface area contributed by atoms with Crippen LogP contribution in [-0.2, 0) is 14.3 Å². The van der Waals surface area contributed by atoms with Crippen LogP contribution in [0.2, 0.25) is 5.02 Å². The van der Waals surface area contributed by atoms with Gasteiger partial charge in [0.2, 0.25) is 0 Å². The highest BCUT2D eigenvalue weighted by Gasteiger charge is 2.31. The molecule has 0 fully saturated rings. The smallest absolute Gasteiger partial charge is 0.324 e. The zero-order chi connectivity index (χ0) is 12.1. The molecule has 0 saturated heterocycles. The number of rotatable bonds is 4. The number of carbonyl (C=O) groups is 2. The van der Waals surface area contributed by atoms with Gasteiger partial charge in [0, 0.05) is 5.02 Å². The van der Waals surface area contributed by atoms with Crippen LogP contribution in [0.1, 0.15) is 18.4 Å². The van der Waals surface area contributed by atoms with E-state index in [-0.39, 0.29) is 17.2 Å². The van der Waals surface area contributed by atoms with Gasteiger partial charge in [-0.15, -0.1) is 0 Å². The molecular weight excluding hydrogens is 232 g/mol. The number of hydrogen-bond donors (Lipinski definition) is 1. The van der Waals surface area contributed by atoms with Crippen LogP contribution < -0.4 is 0 Å². The first-order valence-electron chi connectivity index (χ1n) is 4.71. The van der Waals surface area contributed by atoms with E-state index in [9.17, 15) is 9.59 Å². The fourth-order valence-corrected chi connectivity index (χ4v) is 1.54. The number of halogens is 1. The van der Waals surface area contributed by atoms with Crippen molar-refractivity contribution >= 4 is 23.5 Å². The number of carboxylic acid groups (broad SMARTS) is 1. The largest absolute Gasteiger partial charge is 0.480 e. The molecule has 5 heteroatoms. The summed E-state index contributed by atoms with van der Waals surface area (Å²) < 4.78 is 4.70. The van der Waals surface area contributed by atoms with Gasteiger partial charge in [-0.3, -0.25) is 9.59 Å². The topological polar surface area (TPSA) is 63.6 Å². The third kappa shape index (κ3) is 2.73. The Balaban J connectivity index is 3.08. The first-order chi connectivity index (χ1) is 7.57. The number of hydrogen-bond acceptors (Lipinski definition) is 3. The Morgan fingerprint density at radius 1 is 1.44 bits per heavy atom. The lowest BCUT2D eigenvalue weighted by Gasteiger charge is -2.12. The first kappa shape index (κ1) is 12.5. The summed E-state index contributed by atoms with van der Waals surface area (Å²) in [6, 6.07) is 6.32. The normalized spacial score (nSPS) is 11.9. The molecule has 0 bridgehead atoms. The Morgan fingerprint density at radius 3 is 2.56 bits per heavy atom. The average Bonchev–Trinajstić information content (AvgIpc) is 2.21. The molecule has 0 aliphatic heterocycles. The van der Waals surface area contributed by atoms with E-state index in [4.69, 9.17) is 21.4 Å². The Kier molecular flexibility index (Phi) is 4.31. The van der Waals surface area contributed by atoms with Gasteiger partial charge in [-0.05, 0) is 18.6 Å². The molecule has 0 amide bonds. The number of aliphatic carboxylic acids is 1. The summed E-state index contributed by atoms with van der Waals surface area (Å²) >= 11 is 5.84. The Bertz CT molecular complexity index is 403. The summed E-state index contributed by atoms with van der Waals surface area (Å²) in [6.45, 7) is 1.75. The van der Waals surface area contributed by atoms with E-state index in [0.717, 1.165) is 0 Å². The highest BCUT2D eigenvalue weighted by Crippen LogP contribution is 2.25. The minimum atomic E-state index is -1.37. The third-order valence-electron chi connectivity index (χ3n) is 1.99. The minimum Gasteiger partial charge on any atom is -0.480 e. The SMILES string of the molecule is CCOC(=O)C(C(=O)O)c1ccccc1Cl. The van der Waals surface area contributed by atoms with Crippen molar-refractivity contribution in [2.45, 2.75) is 12.8 Å². The van der Waals surface area contributed by atoms with E-state index in [2.05, 4.69) is 0 Å². The highest BCUT2D eigenvalue weighted by atomic mass is 35.5. The van der Waals surface area contributed by atoms with Crippen LogP contribution in [0, 0.1) is 0 Å². The van der Waals surface area contributed by atoms with Gasteiger partial charge in [-0.25, -0.2) is 0 Å². The molecule has 0 aromatic heterocycles. The van der Waals surface area contributed by atoms with Crippen molar-refractivity contribution in [2.75, 3.05) is 6.61 Å². The third-order valence-corrected chi connectivity index (χ3v) is 2.33. The fraction of sp³-hybridized carbons (Fsp3) is 0.273. The van der Waals surface area contributed by atoms with Gasteiger partial charge in [0.25, 0.3) is 0 Å². The quantitative estimate of drug-likeness (QED) is 0.649. The number of ether oxygens (including phenoxy) is 1. The molecular formula is C11H11ClO4. The van der Waals surface area contributed by atoms with Gasteiger partial charge in [0.15, 0.2) is 5.92 Å². The lowest BCUT2D eigenvalue weighted by atomic mass is 9.99. The standard InChI is InChI=1S/C11H11ClO4/c1-2-16-11(15)9(10(13)14)7-5-3-4-6-8(7)12/h3-6,9H,2H2,1H3,(H,13,14). The van der Waals surface area contributed by atoms with Crippen molar-refractivity contribution in [1.29, 1.82) is 0 Å². The predicted octanol–water partition coefficient (Wildman–Crippen LogP) is 2.07. The lowest BCUT2D eigenvalue weighted by molar-refractivity contribution is -0.153. The molecule has 1 rings (SSSR count). The molecule has 1 aromatic rings. The van der Waals surface area contributed by atoms with Crippen molar-refractivity contribution in [3.05, 3.63) is 34.9 Å². The summed E-state index contributed by atoms with van der Waals surface area (Å²) in [6.07, 6.45) is 0. The van der Waals surface area contributed by atoms with E-state index < -0.39 is 17.9 Å². The predicted molar refractivity (Wildman–Crippen MR) is 58.5 cm³/mol. The fourth-order valence-electron chi connectivity index (χ4n) is 1.30. The van der Waals surface area contributed by atoms with Crippen LogP contribution in [0.25, 0.3) is 0 Å². The van der Waals surface area contributed by atoms with Gasteiger partial charge in [-0.1, -0.05) is 29.8 Å². The molecule has 0 radical (unpaired) electrons. The molecule has 0 saturated carbocycles. The van der Waals surface area contributed by atoms with E-state index in [1.165, 1.54) is 12.1 Å². The van der Waals surface area contributed by atoms with Crippen molar-refractivity contribution < 1.29 is 19.4 Å². The molecule has 1 aromatic carbocycles. The van der Waals surface area contributed by atoms with Gasteiger partial charge < -0.3 is 9.84 Å². The zero-order valence-corrected chi connectivity index (χ0v) is 9.40. The van der Waals surface area contributed by atoms with E-state index in [0.29, 0.717) is 0 Å². The van der Waals surface area contributed by atoms with Gasteiger partial charge in [0.1, 0.15) is 0 Å².